The number of hydrogen-bond acceptors (Lipinski definition) is 4. The van der Waals surface area contributed by atoms with Crippen LogP contribution in [0, 0.1) is 0 Å². The summed E-state index contributed by atoms with van der Waals surface area (Å²) in [6.07, 6.45) is 1.72. The minimum absolute atomic E-state index is 0.0552. The molecule has 0 bridgehead atoms. The zero-order chi connectivity index (χ0) is 14.5. The number of ether oxygens (including phenoxy) is 1. The van der Waals surface area contributed by atoms with Crippen molar-refractivity contribution >= 4 is 33.6 Å². The Bertz CT molecular complexity index is 452. The number of rotatable bonds is 4. The van der Waals surface area contributed by atoms with Gasteiger partial charge in [0, 0.05) is 17.1 Å². The summed E-state index contributed by atoms with van der Waals surface area (Å²) in [5, 5.41) is 2.61. The van der Waals surface area contributed by atoms with Crippen LogP contribution in [0.2, 0.25) is 0 Å². The van der Waals surface area contributed by atoms with E-state index in [1.54, 1.807) is 39.1 Å². The van der Waals surface area contributed by atoms with Gasteiger partial charge in [0.25, 0.3) is 0 Å². The maximum atomic E-state index is 11.6. The normalized spacial score (nSPS) is 10.9. The molecule has 0 radical (unpaired) electrons. The average Bonchev–Trinajstić information content (AvgIpc) is 2.27. The van der Waals surface area contributed by atoms with E-state index in [0.29, 0.717) is 5.82 Å². The van der Waals surface area contributed by atoms with Crippen LogP contribution in [0.25, 0.3) is 0 Å². The third kappa shape index (κ3) is 6.91. The van der Waals surface area contributed by atoms with Crippen molar-refractivity contribution in [3.63, 3.8) is 0 Å². The van der Waals surface area contributed by atoms with E-state index in [2.05, 4.69) is 26.2 Å². The van der Waals surface area contributed by atoms with E-state index in [0.717, 1.165) is 4.47 Å². The molecular weight excluding hydrogens is 312 g/mol. The minimum atomic E-state index is -0.527. The van der Waals surface area contributed by atoms with Crippen LogP contribution < -0.4 is 5.32 Å². The maximum absolute atomic E-state index is 11.6. The van der Waals surface area contributed by atoms with Crippen LogP contribution in [0.3, 0.4) is 0 Å². The lowest BCUT2D eigenvalue weighted by atomic mass is 10.2. The molecule has 0 aliphatic rings. The highest BCUT2D eigenvalue weighted by molar-refractivity contribution is 9.10. The van der Waals surface area contributed by atoms with Gasteiger partial charge in [0.1, 0.15) is 11.4 Å². The number of nitrogens with one attached hydrogen (secondary N) is 1. The highest BCUT2D eigenvalue weighted by Crippen LogP contribution is 2.12. The van der Waals surface area contributed by atoms with Crippen molar-refractivity contribution in [3.8, 4) is 0 Å². The fourth-order valence-electron chi connectivity index (χ4n) is 1.26. The molecule has 0 aliphatic heterocycles. The van der Waals surface area contributed by atoms with Crippen LogP contribution in [0.4, 0.5) is 5.82 Å². The van der Waals surface area contributed by atoms with Crippen LogP contribution in [-0.4, -0.2) is 22.5 Å². The van der Waals surface area contributed by atoms with Gasteiger partial charge in [0.15, 0.2) is 0 Å². The molecule has 1 rings (SSSR count). The molecule has 19 heavy (non-hydrogen) atoms. The largest absolute Gasteiger partial charge is 0.460 e. The molecule has 0 unspecified atom stereocenters. The molecule has 5 nitrogen and oxygen atoms in total. The van der Waals surface area contributed by atoms with Crippen LogP contribution in [-0.2, 0) is 14.3 Å². The van der Waals surface area contributed by atoms with Gasteiger partial charge in [-0.2, -0.15) is 0 Å². The fraction of sp³-hybridized carbons (Fsp3) is 0.462. The summed E-state index contributed by atoms with van der Waals surface area (Å²) >= 11 is 3.25. The lowest BCUT2D eigenvalue weighted by molar-refractivity contribution is -0.155. The van der Waals surface area contributed by atoms with E-state index in [1.165, 1.54) is 0 Å². The van der Waals surface area contributed by atoms with E-state index >= 15 is 0 Å². The van der Waals surface area contributed by atoms with Crippen molar-refractivity contribution in [2.75, 3.05) is 5.32 Å². The van der Waals surface area contributed by atoms with Gasteiger partial charge in [-0.05, 0) is 48.8 Å². The summed E-state index contributed by atoms with van der Waals surface area (Å²) in [6, 6.07) is 3.45. The third-order valence-corrected chi connectivity index (χ3v) is 2.44. The molecule has 1 N–H and O–H groups in total. The molecular formula is C13H17BrN2O3. The number of esters is 1. The van der Waals surface area contributed by atoms with Crippen molar-refractivity contribution in [2.24, 2.45) is 0 Å². The zero-order valence-corrected chi connectivity index (χ0v) is 12.8. The summed E-state index contributed by atoms with van der Waals surface area (Å²) in [5.74, 6) is -0.190. The number of hydrogen-bond donors (Lipinski definition) is 1. The Morgan fingerprint density at radius 1 is 1.32 bits per heavy atom. The topological polar surface area (TPSA) is 68.3 Å². The molecule has 1 amide bonds. The van der Waals surface area contributed by atoms with E-state index in [4.69, 9.17) is 4.74 Å². The SMILES string of the molecule is CC(C)(C)OC(=O)CCC(=O)Nc1ccc(Br)cn1. The predicted octanol–water partition coefficient (Wildman–Crippen LogP) is 2.90. The number of pyridine rings is 1. The van der Waals surface area contributed by atoms with Gasteiger partial charge >= 0.3 is 5.97 Å². The Morgan fingerprint density at radius 3 is 2.53 bits per heavy atom. The molecule has 1 aromatic heterocycles. The van der Waals surface area contributed by atoms with E-state index < -0.39 is 5.60 Å². The second-order valence-electron chi connectivity index (χ2n) is 5.00. The predicted molar refractivity (Wildman–Crippen MR) is 75.6 cm³/mol. The summed E-state index contributed by atoms with van der Waals surface area (Å²) < 4.78 is 5.95. The highest BCUT2D eigenvalue weighted by Gasteiger charge is 2.17. The summed E-state index contributed by atoms with van der Waals surface area (Å²) in [7, 11) is 0. The second kappa shape index (κ2) is 6.65. The molecule has 1 heterocycles. The Kier molecular flexibility index (Phi) is 5.47. The number of carbonyl (C=O) groups is 2. The highest BCUT2D eigenvalue weighted by atomic mass is 79.9. The van der Waals surface area contributed by atoms with Crippen LogP contribution in [0.1, 0.15) is 33.6 Å². The lowest BCUT2D eigenvalue weighted by Gasteiger charge is -2.19. The second-order valence-corrected chi connectivity index (χ2v) is 5.91. The monoisotopic (exact) mass is 328 g/mol. The molecule has 0 spiro atoms. The molecule has 104 valence electrons. The van der Waals surface area contributed by atoms with Gasteiger partial charge in [-0.25, -0.2) is 4.98 Å². The first-order valence-corrected chi connectivity index (χ1v) is 6.69. The lowest BCUT2D eigenvalue weighted by Crippen LogP contribution is -2.24. The van der Waals surface area contributed by atoms with E-state index in [-0.39, 0.29) is 24.7 Å². The minimum Gasteiger partial charge on any atom is -0.460 e. The molecule has 6 heteroatoms. The Balaban J connectivity index is 2.36. The van der Waals surface area contributed by atoms with Gasteiger partial charge in [-0.1, -0.05) is 0 Å². The van der Waals surface area contributed by atoms with Crippen molar-refractivity contribution < 1.29 is 14.3 Å². The molecule has 0 atom stereocenters. The van der Waals surface area contributed by atoms with Crippen LogP contribution >= 0.6 is 15.9 Å². The van der Waals surface area contributed by atoms with E-state index in [9.17, 15) is 9.59 Å². The van der Waals surface area contributed by atoms with Crippen molar-refractivity contribution in [3.05, 3.63) is 22.8 Å². The van der Waals surface area contributed by atoms with Gasteiger partial charge in [-0.3, -0.25) is 9.59 Å². The smallest absolute Gasteiger partial charge is 0.306 e. The molecule has 0 fully saturated rings. The molecule has 0 saturated heterocycles. The maximum Gasteiger partial charge on any atom is 0.306 e. The number of nitrogens with zero attached hydrogens (tertiary/aromatic N) is 1. The molecule has 0 saturated carbocycles. The van der Waals surface area contributed by atoms with Gasteiger partial charge in [0.05, 0.1) is 6.42 Å². The van der Waals surface area contributed by atoms with Gasteiger partial charge < -0.3 is 10.1 Å². The fourth-order valence-corrected chi connectivity index (χ4v) is 1.50. The number of amides is 1. The van der Waals surface area contributed by atoms with Crippen molar-refractivity contribution in [1.29, 1.82) is 0 Å². The first kappa shape index (κ1) is 15.6. The Morgan fingerprint density at radius 2 is 2.00 bits per heavy atom. The number of halogens is 1. The standard InChI is InChI=1S/C13H17BrN2O3/c1-13(2,3)19-12(18)7-6-11(17)16-10-5-4-9(14)8-15-10/h4-5,8H,6-7H2,1-3H3,(H,15,16,17). The van der Waals surface area contributed by atoms with Gasteiger partial charge in [0.2, 0.25) is 5.91 Å². The van der Waals surface area contributed by atoms with E-state index in [1.807, 2.05) is 0 Å². The van der Waals surface area contributed by atoms with Crippen LogP contribution in [0.5, 0.6) is 0 Å². The summed E-state index contributed by atoms with van der Waals surface area (Å²) in [5.41, 5.74) is -0.527. The molecule has 0 aliphatic carbocycles. The Labute approximate surface area is 120 Å². The third-order valence-electron chi connectivity index (χ3n) is 1.97. The summed E-state index contributed by atoms with van der Waals surface area (Å²) in [6.45, 7) is 5.37. The van der Waals surface area contributed by atoms with Crippen LogP contribution in [0.15, 0.2) is 22.8 Å². The quantitative estimate of drug-likeness (QED) is 0.863. The van der Waals surface area contributed by atoms with Gasteiger partial charge in [-0.15, -0.1) is 0 Å². The summed E-state index contributed by atoms with van der Waals surface area (Å²) in [4.78, 5) is 27.0. The Hall–Kier alpha value is -1.43. The van der Waals surface area contributed by atoms with Crippen molar-refractivity contribution in [2.45, 2.75) is 39.2 Å². The molecule has 1 aromatic rings. The molecule has 0 aromatic carbocycles. The average molecular weight is 329 g/mol. The number of aromatic nitrogens is 1. The zero-order valence-electron chi connectivity index (χ0n) is 11.2. The first-order chi connectivity index (χ1) is 8.76. The first-order valence-electron chi connectivity index (χ1n) is 5.89. The number of carbonyl (C=O) groups excluding carboxylic acids is 2. The van der Waals surface area contributed by atoms with Crippen molar-refractivity contribution in [1.82, 2.24) is 4.98 Å². The number of anilines is 1.